The van der Waals surface area contributed by atoms with Crippen LogP contribution in [0.2, 0.25) is 0 Å². The van der Waals surface area contributed by atoms with Crippen LogP contribution in [0.5, 0.6) is 0 Å². The second kappa shape index (κ2) is 7.86. The highest BCUT2D eigenvalue weighted by molar-refractivity contribution is 8.04. The van der Waals surface area contributed by atoms with E-state index in [0.717, 1.165) is 49.5 Å². The predicted octanol–water partition coefficient (Wildman–Crippen LogP) is 6.09. The molecule has 0 bridgehead atoms. The van der Waals surface area contributed by atoms with Gasteiger partial charge in [-0.1, -0.05) is 51.1 Å². The van der Waals surface area contributed by atoms with Crippen molar-refractivity contribution in [2.45, 2.75) is 77.1 Å². The minimum absolute atomic E-state index is 0.178. The van der Waals surface area contributed by atoms with E-state index in [1.54, 1.807) is 11.8 Å². The summed E-state index contributed by atoms with van der Waals surface area (Å²) in [6.45, 7) is 13.7. The quantitative estimate of drug-likeness (QED) is 0.449. The molecule has 2 fully saturated rings. The van der Waals surface area contributed by atoms with Crippen molar-refractivity contribution >= 4 is 11.8 Å². The van der Waals surface area contributed by atoms with E-state index < -0.39 is 5.60 Å². The number of ether oxygens (including phenoxy) is 1. The lowest BCUT2D eigenvalue weighted by Crippen LogP contribution is -2.52. The van der Waals surface area contributed by atoms with Crippen LogP contribution >= 0.6 is 11.8 Å². The van der Waals surface area contributed by atoms with Crippen molar-refractivity contribution in [3.05, 3.63) is 35.6 Å². The molecule has 0 unspecified atom stereocenters. The van der Waals surface area contributed by atoms with Gasteiger partial charge in [0.25, 0.3) is 0 Å². The average molecular weight is 413 g/mol. The van der Waals surface area contributed by atoms with E-state index in [1.165, 1.54) is 18.4 Å². The molecular formula is C26H36O2S. The molecule has 0 aliphatic heterocycles. The van der Waals surface area contributed by atoms with E-state index in [2.05, 4.69) is 57.6 Å². The molecule has 2 saturated carbocycles. The summed E-state index contributed by atoms with van der Waals surface area (Å²) in [6, 6.07) is 0. The Morgan fingerprint density at radius 1 is 1.34 bits per heavy atom. The fraction of sp³-hybridized carbons (Fsp3) is 0.692. The Morgan fingerprint density at radius 2 is 2.14 bits per heavy atom. The molecule has 3 heteroatoms. The molecule has 0 radical (unpaired) electrons. The third-order valence-corrected chi connectivity index (χ3v) is 8.83. The lowest BCUT2D eigenvalue weighted by atomic mass is 9.51. The summed E-state index contributed by atoms with van der Waals surface area (Å²) in [6.07, 6.45) is 11.3. The third kappa shape index (κ3) is 3.41. The zero-order chi connectivity index (χ0) is 20.8. The van der Waals surface area contributed by atoms with Gasteiger partial charge in [0, 0.05) is 17.1 Å². The Kier molecular flexibility index (Phi) is 5.73. The van der Waals surface area contributed by atoms with Crippen LogP contribution in [0.4, 0.5) is 0 Å². The topological polar surface area (TPSA) is 29.5 Å². The molecule has 0 aromatic heterocycles. The predicted molar refractivity (Wildman–Crippen MR) is 122 cm³/mol. The van der Waals surface area contributed by atoms with Crippen LogP contribution in [0.3, 0.4) is 0 Å². The van der Waals surface area contributed by atoms with Gasteiger partial charge in [0.1, 0.15) is 0 Å². The molecule has 0 heterocycles. The summed E-state index contributed by atoms with van der Waals surface area (Å²) in [5.74, 6) is 6.94. The van der Waals surface area contributed by atoms with E-state index in [9.17, 15) is 5.11 Å². The highest BCUT2D eigenvalue weighted by Crippen LogP contribution is 2.65. The van der Waals surface area contributed by atoms with Gasteiger partial charge in [-0.25, -0.2) is 0 Å². The number of allylic oxidation sites excluding steroid dienone is 4. The van der Waals surface area contributed by atoms with Gasteiger partial charge in [-0.05, 0) is 85.2 Å². The van der Waals surface area contributed by atoms with Crippen molar-refractivity contribution < 1.29 is 9.84 Å². The van der Waals surface area contributed by atoms with E-state index >= 15 is 0 Å². The van der Waals surface area contributed by atoms with Crippen LogP contribution in [0.25, 0.3) is 0 Å². The number of hydrogen-bond acceptors (Lipinski definition) is 3. The van der Waals surface area contributed by atoms with Crippen molar-refractivity contribution in [1.29, 1.82) is 0 Å². The summed E-state index contributed by atoms with van der Waals surface area (Å²) < 4.78 is 5.81. The maximum absolute atomic E-state index is 11.7. The minimum Gasteiger partial charge on any atom is -0.498 e. The maximum atomic E-state index is 11.7. The molecule has 0 amide bonds. The SMILES string of the molecule is C=C1C[C@H]2[C@@H]3CC=C4C=C(OCC)CC[C@@H]4[C@H]3CC[C@]2(C)[C@]1(O)C#CSC(C)C. The molecule has 158 valence electrons. The van der Waals surface area contributed by atoms with E-state index in [4.69, 9.17) is 4.74 Å². The minimum atomic E-state index is -1.04. The Balaban J connectivity index is 1.61. The first-order chi connectivity index (χ1) is 13.8. The van der Waals surface area contributed by atoms with Gasteiger partial charge in [0.15, 0.2) is 5.60 Å². The second-order valence-corrected chi connectivity index (χ2v) is 11.3. The average Bonchev–Trinajstić information content (AvgIpc) is 2.88. The zero-order valence-corrected chi connectivity index (χ0v) is 19.3. The van der Waals surface area contributed by atoms with Gasteiger partial charge in [0.05, 0.1) is 12.4 Å². The molecule has 4 aliphatic rings. The lowest BCUT2D eigenvalue weighted by molar-refractivity contribution is -0.0717. The molecular weight excluding hydrogens is 376 g/mol. The maximum Gasteiger partial charge on any atom is 0.153 e. The fourth-order valence-electron chi connectivity index (χ4n) is 6.64. The summed E-state index contributed by atoms with van der Waals surface area (Å²) in [5, 5.41) is 15.4. The lowest BCUT2D eigenvalue weighted by Gasteiger charge is -2.53. The number of hydrogen-bond donors (Lipinski definition) is 1. The fourth-order valence-corrected chi connectivity index (χ4v) is 7.09. The van der Waals surface area contributed by atoms with Crippen LogP contribution in [-0.4, -0.2) is 22.6 Å². The van der Waals surface area contributed by atoms with Gasteiger partial charge in [0.2, 0.25) is 0 Å². The number of rotatable bonds is 3. The second-order valence-electron chi connectivity index (χ2n) is 9.93. The van der Waals surface area contributed by atoms with E-state index in [-0.39, 0.29) is 5.41 Å². The van der Waals surface area contributed by atoms with Crippen molar-refractivity contribution in [3.63, 3.8) is 0 Å². The highest BCUT2D eigenvalue weighted by Gasteiger charge is 2.63. The van der Waals surface area contributed by atoms with Crippen molar-refractivity contribution in [2.75, 3.05) is 6.61 Å². The van der Waals surface area contributed by atoms with Crippen molar-refractivity contribution in [2.24, 2.45) is 29.1 Å². The Labute approximate surface area is 181 Å². The number of aliphatic hydroxyl groups is 1. The standard InChI is InChI=1S/C26H36O2S/c1-6-28-20-8-10-21-19(16-20)7-9-23-22(21)11-12-25(5)24(23)15-18(4)26(25,27)13-14-29-17(2)3/h7,16-17,21-24,27H,4,6,8-12,15H2,1-3,5H3/t21-,22+,23+,24-,25-,26-/m0/s1. The van der Waals surface area contributed by atoms with Crippen molar-refractivity contribution in [1.82, 2.24) is 0 Å². The molecule has 2 nitrogen and oxygen atoms in total. The summed E-state index contributed by atoms with van der Waals surface area (Å²) in [4.78, 5) is 0. The van der Waals surface area contributed by atoms with Gasteiger partial charge in [-0.3, -0.25) is 0 Å². The van der Waals surface area contributed by atoms with E-state index in [1.807, 2.05) is 0 Å². The Morgan fingerprint density at radius 3 is 2.86 bits per heavy atom. The third-order valence-electron chi connectivity index (χ3n) is 8.14. The van der Waals surface area contributed by atoms with Gasteiger partial charge in [-0.15, -0.1) is 0 Å². The molecule has 0 aromatic carbocycles. The van der Waals surface area contributed by atoms with Crippen molar-refractivity contribution in [3.8, 4) is 11.2 Å². The molecule has 0 spiro atoms. The molecule has 0 saturated heterocycles. The molecule has 1 N–H and O–H groups in total. The number of fused-ring (bicyclic) bond motifs is 5. The monoisotopic (exact) mass is 412 g/mol. The number of thioether (sulfide) groups is 1. The smallest absolute Gasteiger partial charge is 0.153 e. The summed E-state index contributed by atoms with van der Waals surface area (Å²) in [7, 11) is 0. The molecule has 0 aromatic rings. The molecule has 4 rings (SSSR count). The van der Waals surface area contributed by atoms with Gasteiger partial charge >= 0.3 is 0 Å². The first-order valence-electron chi connectivity index (χ1n) is 11.4. The summed E-state index contributed by atoms with van der Waals surface area (Å²) in [5.41, 5.74) is 1.23. The van der Waals surface area contributed by atoms with E-state index in [0.29, 0.717) is 23.0 Å². The first kappa shape index (κ1) is 21.1. The first-order valence-corrected chi connectivity index (χ1v) is 12.3. The van der Waals surface area contributed by atoms with Crippen LogP contribution in [0.15, 0.2) is 35.6 Å². The highest BCUT2D eigenvalue weighted by atomic mass is 32.2. The van der Waals surface area contributed by atoms with Crippen LogP contribution in [0.1, 0.15) is 66.2 Å². The Hall–Kier alpha value is -1.11. The molecule has 6 atom stereocenters. The Bertz CT molecular complexity index is 797. The van der Waals surface area contributed by atoms with Crippen LogP contribution in [0, 0.1) is 40.3 Å². The van der Waals surface area contributed by atoms with Crippen LogP contribution in [-0.2, 0) is 4.74 Å². The van der Waals surface area contributed by atoms with Gasteiger partial charge in [-0.2, -0.15) is 0 Å². The largest absolute Gasteiger partial charge is 0.498 e. The normalized spacial score (nSPS) is 40.8. The van der Waals surface area contributed by atoms with Gasteiger partial charge < -0.3 is 9.84 Å². The summed E-state index contributed by atoms with van der Waals surface area (Å²) >= 11 is 1.61. The zero-order valence-electron chi connectivity index (χ0n) is 18.5. The van der Waals surface area contributed by atoms with Crippen LogP contribution < -0.4 is 0 Å². The molecule has 4 aliphatic carbocycles. The molecule has 29 heavy (non-hydrogen) atoms.